The first-order valence-corrected chi connectivity index (χ1v) is 9.78. The van der Waals surface area contributed by atoms with Crippen molar-refractivity contribution in [2.45, 2.75) is 24.5 Å². The van der Waals surface area contributed by atoms with E-state index in [0.29, 0.717) is 12.2 Å². The number of fused-ring (bicyclic) bond motifs is 8. The molecule has 3 saturated heterocycles. The zero-order valence-electron chi connectivity index (χ0n) is 15.4. The van der Waals surface area contributed by atoms with E-state index < -0.39 is 18.1 Å². The Bertz CT molecular complexity index is 1050. The Morgan fingerprint density at radius 1 is 1.10 bits per heavy atom. The van der Waals surface area contributed by atoms with E-state index in [-0.39, 0.29) is 35.5 Å². The number of carbonyl (C=O) groups excluding carboxylic acids is 2. The number of rotatable bonds is 2. The predicted molar refractivity (Wildman–Crippen MR) is 101 cm³/mol. The van der Waals surface area contributed by atoms with Crippen LogP contribution in [-0.4, -0.2) is 41.5 Å². The second-order valence-corrected chi connectivity index (χ2v) is 8.00. The maximum Gasteiger partial charge on any atom is 0.218 e. The summed E-state index contributed by atoms with van der Waals surface area (Å²) in [6.45, 7) is 0.302. The molecule has 4 heterocycles. The average Bonchev–Trinajstić information content (AvgIpc) is 3.33. The van der Waals surface area contributed by atoms with E-state index in [0.717, 1.165) is 11.1 Å². The molecule has 3 fully saturated rings. The zero-order valence-corrected chi connectivity index (χ0v) is 15.4. The lowest BCUT2D eigenvalue weighted by Crippen LogP contribution is -2.48. The predicted octanol–water partition coefficient (Wildman–Crippen LogP) is 2.97. The number of benzene rings is 2. The number of carbonyl (C=O) groups is 2. The average molecular weight is 391 g/mol. The molecule has 6 atom stereocenters. The maximum absolute atomic E-state index is 13.6. The molecule has 4 aliphatic heterocycles. The number of hydrogen-bond acceptors (Lipinski definition) is 5. The summed E-state index contributed by atoms with van der Waals surface area (Å²) in [4.78, 5) is 28.8. The minimum absolute atomic E-state index is 0.0988. The minimum Gasteiger partial charge on any atom is -0.359 e. The first-order valence-electron chi connectivity index (χ1n) is 9.78. The fraction of sp³-hybridized carbons (Fsp3) is 0.304. The molecule has 5 nitrogen and oxygen atoms in total. The van der Waals surface area contributed by atoms with Crippen molar-refractivity contribution in [1.29, 1.82) is 0 Å². The number of halogens is 1. The summed E-state index contributed by atoms with van der Waals surface area (Å²) in [7, 11) is 0. The Labute approximate surface area is 166 Å². The molecule has 0 aliphatic carbocycles. The molecule has 0 N–H and O–H groups in total. The fourth-order valence-corrected chi connectivity index (χ4v) is 5.40. The molecule has 0 saturated carbocycles. The molecule has 6 rings (SSSR count). The third kappa shape index (κ3) is 2.33. The summed E-state index contributed by atoms with van der Waals surface area (Å²) in [5.74, 6) is -1.33. The van der Waals surface area contributed by atoms with E-state index in [2.05, 4.69) is 0 Å². The van der Waals surface area contributed by atoms with Crippen molar-refractivity contribution < 1.29 is 23.5 Å². The summed E-state index contributed by atoms with van der Waals surface area (Å²) in [6.07, 6.45) is 2.73. The van der Waals surface area contributed by atoms with Gasteiger partial charge in [0.05, 0.1) is 30.7 Å². The number of ketones is 2. The van der Waals surface area contributed by atoms with Crippen LogP contribution < -0.4 is 0 Å². The monoisotopic (exact) mass is 391 g/mol. The van der Waals surface area contributed by atoms with Crippen LogP contribution >= 0.6 is 0 Å². The molecule has 6 heteroatoms. The van der Waals surface area contributed by atoms with Gasteiger partial charge in [0, 0.05) is 17.7 Å². The standard InChI is InChI=1S/C23H18FNO4/c24-14-7-5-13(6-8-14)21(26)20-17-16-11-28-23(29-16)22(27)18(17)19-15-4-2-1-3-12(15)9-10-25(19)20/h1-10,16-20,23H,11H2/t16-,17-,18+,19-,20-,23-/m0/s1. The van der Waals surface area contributed by atoms with E-state index in [1.54, 1.807) is 0 Å². The van der Waals surface area contributed by atoms with Gasteiger partial charge in [-0.1, -0.05) is 24.3 Å². The Balaban J connectivity index is 1.50. The molecule has 0 amide bonds. The van der Waals surface area contributed by atoms with Gasteiger partial charge in [0.2, 0.25) is 6.29 Å². The Morgan fingerprint density at radius 3 is 2.72 bits per heavy atom. The van der Waals surface area contributed by atoms with Crippen molar-refractivity contribution >= 4 is 17.6 Å². The van der Waals surface area contributed by atoms with Crippen molar-refractivity contribution in [2.24, 2.45) is 11.8 Å². The minimum atomic E-state index is -0.846. The number of hydrogen-bond donors (Lipinski definition) is 0. The van der Waals surface area contributed by atoms with Gasteiger partial charge >= 0.3 is 0 Å². The van der Waals surface area contributed by atoms with Gasteiger partial charge < -0.3 is 14.4 Å². The molecule has 2 aromatic carbocycles. The van der Waals surface area contributed by atoms with E-state index >= 15 is 0 Å². The lowest BCUT2D eigenvalue weighted by Gasteiger charge is -2.34. The lowest BCUT2D eigenvalue weighted by atomic mass is 9.75. The van der Waals surface area contributed by atoms with E-state index in [1.165, 1.54) is 24.3 Å². The third-order valence-corrected chi connectivity index (χ3v) is 6.60. The van der Waals surface area contributed by atoms with Crippen molar-refractivity contribution in [3.05, 3.63) is 77.2 Å². The molecule has 29 heavy (non-hydrogen) atoms. The van der Waals surface area contributed by atoms with Crippen molar-refractivity contribution in [3.8, 4) is 0 Å². The molecule has 0 aromatic heterocycles. The zero-order chi connectivity index (χ0) is 19.7. The third-order valence-electron chi connectivity index (χ3n) is 6.60. The smallest absolute Gasteiger partial charge is 0.218 e. The van der Waals surface area contributed by atoms with Crippen LogP contribution in [0.15, 0.2) is 54.7 Å². The summed E-state index contributed by atoms with van der Waals surface area (Å²) in [5, 5.41) is 0. The first-order chi connectivity index (χ1) is 14.1. The van der Waals surface area contributed by atoms with Crippen molar-refractivity contribution in [1.82, 2.24) is 4.90 Å². The summed E-state index contributed by atoms with van der Waals surface area (Å²) < 4.78 is 24.8. The van der Waals surface area contributed by atoms with Gasteiger partial charge in [0.25, 0.3) is 0 Å². The van der Waals surface area contributed by atoms with Crippen LogP contribution in [0.2, 0.25) is 0 Å². The quantitative estimate of drug-likeness (QED) is 0.737. The molecule has 4 aliphatic rings. The summed E-state index contributed by atoms with van der Waals surface area (Å²) in [6, 6.07) is 12.7. The van der Waals surface area contributed by atoms with Gasteiger partial charge in [0.1, 0.15) is 5.82 Å². The molecular formula is C23H18FNO4. The van der Waals surface area contributed by atoms with Gasteiger partial charge in [-0.25, -0.2) is 4.39 Å². The lowest BCUT2D eigenvalue weighted by molar-refractivity contribution is -0.164. The second kappa shape index (κ2) is 6.08. The molecule has 0 spiro atoms. The van der Waals surface area contributed by atoms with Crippen LogP contribution in [0.5, 0.6) is 0 Å². The van der Waals surface area contributed by atoms with Gasteiger partial charge in [-0.15, -0.1) is 0 Å². The fourth-order valence-electron chi connectivity index (χ4n) is 5.40. The highest BCUT2D eigenvalue weighted by atomic mass is 19.1. The molecule has 0 radical (unpaired) electrons. The van der Waals surface area contributed by atoms with E-state index in [1.807, 2.05) is 41.4 Å². The van der Waals surface area contributed by atoms with Crippen LogP contribution in [0.3, 0.4) is 0 Å². The molecule has 0 unspecified atom stereocenters. The normalized spacial score (nSPS) is 34.0. The van der Waals surface area contributed by atoms with Gasteiger partial charge in [-0.3, -0.25) is 9.59 Å². The topological polar surface area (TPSA) is 55.8 Å². The van der Waals surface area contributed by atoms with Crippen LogP contribution in [0.25, 0.3) is 6.08 Å². The van der Waals surface area contributed by atoms with Crippen LogP contribution in [0, 0.1) is 17.7 Å². The van der Waals surface area contributed by atoms with Crippen molar-refractivity contribution in [3.63, 3.8) is 0 Å². The van der Waals surface area contributed by atoms with E-state index in [4.69, 9.17) is 9.47 Å². The Morgan fingerprint density at radius 2 is 1.90 bits per heavy atom. The number of nitrogens with zero attached hydrogens (tertiary/aromatic N) is 1. The largest absolute Gasteiger partial charge is 0.359 e. The van der Waals surface area contributed by atoms with Gasteiger partial charge in [-0.2, -0.15) is 0 Å². The highest BCUT2D eigenvalue weighted by Crippen LogP contribution is 2.54. The highest BCUT2D eigenvalue weighted by molar-refractivity contribution is 6.02. The molecule has 2 bridgehead atoms. The Hall–Kier alpha value is -2.83. The van der Waals surface area contributed by atoms with Gasteiger partial charge in [0.15, 0.2) is 11.6 Å². The van der Waals surface area contributed by atoms with Crippen molar-refractivity contribution in [2.75, 3.05) is 6.61 Å². The van der Waals surface area contributed by atoms with Crippen LogP contribution in [-0.2, 0) is 14.3 Å². The summed E-state index contributed by atoms with van der Waals surface area (Å²) >= 11 is 0. The maximum atomic E-state index is 13.6. The van der Waals surface area contributed by atoms with E-state index in [9.17, 15) is 14.0 Å². The van der Waals surface area contributed by atoms with Gasteiger partial charge in [-0.05, 0) is 41.5 Å². The highest BCUT2D eigenvalue weighted by Gasteiger charge is 2.63. The van der Waals surface area contributed by atoms with Crippen LogP contribution in [0.4, 0.5) is 4.39 Å². The first kappa shape index (κ1) is 17.1. The Kier molecular flexibility index (Phi) is 3.58. The molecule has 2 aromatic rings. The molecule has 146 valence electrons. The number of Topliss-reactive ketones (excluding diaryl/α,β-unsaturated/α-hetero) is 2. The SMILES string of the molecule is O=C1[C@H]2OC[C@H](O2)[C@H]2[C@@H]1[C@@H]1c3ccccc3C=CN1[C@@H]2C(=O)c1ccc(F)cc1. The number of ether oxygens (including phenoxy) is 2. The molecular weight excluding hydrogens is 373 g/mol. The van der Waals surface area contributed by atoms with Crippen LogP contribution in [0.1, 0.15) is 27.5 Å². The summed E-state index contributed by atoms with van der Waals surface area (Å²) in [5.41, 5.74) is 2.51. The second-order valence-electron chi connectivity index (χ2n) is 8.00.